The van der Waals surface area contributed by atoms with Crippen LogP contribution in [0.2, 0.25) is 0 Å². The van der Waals surface area contributed by atoms with E-state index in [9.17, 15) is 18.0 Å². The van der Waals surface area contributed by atoms with Crippen molar-refractivity contribution in [2.75, 3.05) is 17.1 Å². The molecule has 3 aromatic rings. The molecule has 208 valence electrons. The SMILES string of the molecule is CCC(C)NC(=O)C(Cc1ccccc1)N(Cc1cccc(Br)c1)C(=O)CN(c1cccc(Br)c1)S(C)(=O)=O. The third kappa shape index (κ3) is 9.19. The molecule has 1 N–H and O–H groups in total. The van der Waals surface area contributed by atoms with Gasteiger partial charge in [-0.1, -0.05) is 87.3 Å². The Morgan fingerprint density at radius 1 is 0.897 bits per heavy atom. The zero-order chi connectivity index (χ0) is 28.6. The van der Waals surface area contributed by atoms with Gasteiger partial charge in [-0.2, -0.15) is 0 Å². The first-order valence-corrected chi connectivity index (χ1v) is 16.0. The Kier molecular flexibility index (Phi) is 11.1. The van der Waals surface area contributed by atoms with Gasteiger partial charge in [0.05, 0.1) is 11.9 Å². The Hall–Kier alpha value is -2.69. The van der Waals surface area contributed by atoms with Gasteiger partial charge in [-0.3, -0.25) is 13.9 Å². The maximum atomic E-state index is 14.1. The predicted molar refractivity (Wildman–Crippen MR) is 163 cm³/mol. The molecule has 0 aliphatic rings. The van der Waals surface area contributed by atoms with E-state index in [0.717, 1.165) is 32.6 Å². The van der Waals surface area contributed by atoms with Gasteiger partial charge < -0.3 is 10.2 Å². The summed E-state index contributed by atoms with van der Waals surface area (Å²) in [6.45, 7) is 3.56. The highest BCUT2D eigenvalue weighted by Crippen LogP contribution is 2.24. The summed E-state index contributed by atoms with van der Waals surface area (Å²) in [6, 6.07) is 22.8. The molecule has 3 aromatic carbocycles. The molecular formula is C29H33Br2N3O4S. The van der Waals surface area contributed by atoms with Crippen molar-refractivity contribution in [3.63, 3.8) is 0 Å². The number of hydrogen-bond donors (Lipinski definition) is 1. The Morgan fingerprint density at radius 2 is 1.51 bits per heavy atom. The van der Waals surface area contributed by atoms with E-state index in [1.54, 1.807) is 24.3 Å². The van der Waals surface area contributed by atoms with Crippen LogP contribution in [0.25, 0.3) is 0 Å². The van der Waals surface area contributed by atoms with Crippen molar-refractivity contribution in [1.29, 1.82) is 0 Å². The smallest absolute Gasteiger partial charge is 0.244 e. The van der Waals surface area contributed by atoms with Crippen LogP contribution in [0.5, 0.6) is 0 Å². The molecule has 2 atom stereocenters. The van der Waals surface area contributed by atoms with Crippen molar-refractivity contribution >= 4 is 59.4 Å². The third-order valence-electron chi connectivity index (χ3n) is 6.29. The number of nitrogens with one attached hydrogen (secondary N) is 1. The second-order valence-electron chi connectivity index (χ2n) is 9.42. The number of benzene rings is 3. The fourth-order valence-electron chi connectivity index (χ4n) is 4.07. The molecule has 0 saturated carbocycles. The Bertz CT molecular complexity index is 1390. The standard InChI is InChI=1S/C29H33Br2N3O4S/c1-4-21(2)32-29(36)27(17-22-10-6-5-7-11-22)33(19-23-12-8-13-24(30)16-23)28(35)20-34(39(3,37)38)26-15-9-14-25(31)18-26/h5-16,18,21,27H,4,17,19-20H2,1-3H3,(H,32,36). The van der Waals surface area contributed by atoms with Gasteiger partial charge >= 0.3 is 0 Å². The van der Waals surface area contributed by atoms with E-state index in [-0.39, 0.29) is 24.9 Å². The van der Waals surface area contributed by atoms with Gasteiger partial charge in [-0.05, 0) is 54.8 Å². The highest BCUT2D eigenvalue weighted by atomic mass is 79.9. The monoisotopic (exact) mass is 677 g/mol. The number of carbonyl (C=O) groups is 2. The van der Waals surface area contributed by atoms with Crippen LogP contribution in [0.1, 0.15) is 31.4 Å². The average molecular weight is 679 g/mol. The second-order valence-corrected chi connectivity index (χ2v) is 13.2. The number of nitrogens with zero attached hydrogens (tertiary/aromatic N) is 2. The zero-order valence-electron chi connectivity index (χ0n) is 22.2. The maximum Gasteiger partial charge on any atom is 0.244 e. The van der Waals surface area contributed by atoms with Gasteiger partial charge in [0.2, 0.25) is 21.8 Å². The number of sulfonamides is 1. The van der Waals surface area contributed by atoms with E-state index < -0.39 is 28.5 Å². The van der Waals surface area contributed by atoms with Crippen LogP contribution in [-0.4, -0.2) is 50.0 Å². The summed E-state index contributed by atoms with van der Waals surface area (Å²) in [7, 11) is -3.81. The largest absolute Gasteiger partial charge is 0.352 e. The summed E-state index contributed by atoms with van der Waals surface area (Å²) in [5.41, 5.74) is 2.05. The van der Waals surface area contributed by atoms with Crippen LogP contribution in [0.3, 0.4) is 0 Å². The lowest BCUT2D eigenvalue weighted by atomic mass is 10.0. The highest BCUT2D eigenvalue weighted by Gasteiger charge is 2.33. The molecule has 0 aromatic heterocycles. The lowest BCUT2D eigenvalue weighted by Gasteiger charge is -2.34. The van der Waals surface area contributed by atoms with E-state index in [1.165, 1.54) is 4.90 Å². The van der Waals surface area contributed by atoms with E-state index in [2.05, 4.69) is 37.2 Å². The van der Waals surface area contributed by atoms with Crippen LogP contribution in [-0.2, 0) is 32.6 Å². The molecule has 39 heavy (non-hydrogen) atoms. The van der Waals surface area contributed by atoms with Crippen molar-refractivity contribution in [3.05, 3.63) is 98.9 Å². The van der Waals surface area contributed by atoms with E-state index >= 15 is 0 Å². The van der Waals surface area contributed by atoms with Crippen molar-refractivity contribution in [1.82, 2.24) is 10.2 Å². The molecule has 7 nitrogen and oxygen atoms in total. The molecule has 3 rings (SSSR count). The Morgan fingerprint density at radius 3 is 2.10 bits per heavy atom. The number of rotatable bonds is 12. The van der Waals surface area contributed by atoms with Crippen molar-refractivity contribution in [3.8, 4) is 0 Å². The minimum atomic E-state index is -3.81. The first kappa shape index (κ1) is 30.8. The Labute approximate surface area is 247 Å². The second kappa shape index (κ2) is 14.1. The first-order chi connectivity index (χ1) is 18.5. The third-order valence-corrected chi connectivity index (χ3v) is 8.42. The molecule has 0 saturated heterocycles. The van der Waals surface area contributed by atoms with Crippen molar-refractivity contribution in [2.24, 2.45) is 0 Å². The molecule has 0 aliphatic heterocycles. The quantitative estimate of drug-likeness (QED) is 0.273. The van der Waals surface area contributed by atoms with Crippen molar-refractivity contribution in [2.45, 2.75) is 45.3 Å². The fourth-order valence-corrected chi connectivity index (χ4v) is 5.75. The van der Waals surface area contributed by atoms with Gasteiger partial charge in [0.25, 0.3) is 0 Å². The molecule has 0 fully saturated rings. The molecule has 0 heterocycles. The highest BCUT2D eigenvalue weighted by molar-refractivity contribution is 9.10. The van der Waals surface area contributed by atoms with Crippen LogP contribution < -0.4 is 9.62 Å². The van der Waals surface area contributed by atoms with Crippen molar-refractivity contribution < 1.29 is 18.0 Å². The molecule has 0 spiro atoms. The summed E-state index contributed by atoms with van der Waals surface area (Å²) in [4.78, 5) is 29.2. The molecule has 0 aliphatic carbocycles. The van der Waals surface area contributed by atoms with Crippen LogP contribution in [0.4, 0.5) is 5.69 Å². The van der Waals surface area contributed by atoms with Crippen LogP contribution in [0, 0.1) is 0 Å². The minimum absolute atomic E-state index is 0.0900. The molecule has 10 heteroatoms. The maximum absolute atomic E-state index is 14.1. The summed E-state index contributed by atoms with van der Waals surface area (Å²) >= 11 is 6.86. The van der Waals surface area contributed by atoms with E-state index in [0.29, 0.717) is 10.2 Å². The van der Waals surface area contributed by atoms with Gasteiger partial charge in [0.1, 0.15) is 12.6 Å². The molecule has 2 unspecified atom stereocenters. The summed E-state index contributed by atoms with van der Waals surface area (Å²) in [6.07, 6.45) is 2.07. The minimum Gasteiger partial charge on any atom is -0.352 e. The summed E-state index contributed by atoms with van der Waals surface area (Å²) in [5, 5.41) is 3.02. The lowest BCUT2D eigenvalue weighted by molar-refractivity contribution is -0.140. The number of amides is 2. The van der Waals surface area contributed by atoms with Gasteiger partial charge in [-0.25, -0.2) is 8.42 Å². The summed E-state index contributed by atoms with van der Waals surface area (Å²) < 4.78 is 28.3. The molecule has 0 radical (unpaired) electrons. The normalized spacial score (nSPS) is 12.8. The van der Waals surface area contributed by atoms with E-state index in [4.69, 9.17) is 0 Å². The predicted octanol–water partition coefficient (Wildman–Crippen LogP) is 5.53. The van der Waals surface area contributed by atoms with Gasteiger partial charge in [0, 0.05) is 28.0 Å². The molecule has 0 bridgehead atoms. The van der Waals surface area contributed by atoms with E-state index in [1.807, 2.05) is 68.4 Å². The first-order valence-electron chi connectivity index (χ1n) is 12.6. The molecule has 2 amide bonds. The topological polar surface area (TPSA) is 86.8 Å². The van der Waals surface area contributed by atoms with Crippen LogP contribution >= 0.6 is 31.9 Å². The number of hydrogen-bond acceptors (Lipinski definition) is 4. The number of anilines is 1. The van der Waals surface area contributed by atoms with Crippen LogP contribution in [0.15, 0.2) is 87.8 Å². The lowest BCUT2D eigenvalue weighted by Crippen LogP contribution is -2.54. The zero-order valence-corrected chi connectivity index (χ0v) is 26.2. The summed E-state index contributed by atoms with van der Waals surface area (Å²) in [5.74, 6) is -0.773. The number of halogens is 2. The average Bonchev–Trinajstić information content (AvgIpc) is 2.89. The van der Waals surface area contributed by atoms with Gasteiger partial charge in [0.15, 0.2) is 0 Å². The molecular weight excluding hydrogens is 646 g/mol. The fraction of sp³-hybridized carbons (Fsp3) is 0.310. The Balaban J connectivity index is 2.06. The number of carbonyl (C=O) groups excluding carboxylic acids is 2. The van der Waals surface area contributed by atoms with Gasteiger partial charge in [-0.15, -0.1) is 0 Å².